The van der Waals surface area contributed by atoms with Crippen molar-refractivity contribution in [3.8, 4) is 11.5 Å². The first-order valence-corrected chi connectivity index (χ1v) is 10.8. The lowest BCUT2D eigenvalue weighted by atomic mass is 10.2. The number of amides is 1. The summed E-state index contributed by atoms with van der Waals surface area (Å²) < 4.78 is 39.2. The van der Waals surface area contributed by atoms with Crippen LogP contribution in [-0.2, 0) is 24.2 Å². The number of esters is 1. The standard InChI is InChI=1S/C19H23NO7S/c1-13(19(22)20(2)15-7-10-28(23,24)12-15)27-18(21)6-4-14-3-5-16-17(11-14)26-9-8-25-16/h3-6,11,13,15H,7-10,12H2,1-2H3/b6-4+/t13-,15-/m1/s1. The van der Waals surface area contributed by atoms with E-state index in [1.54, 1.807) is 24.3 Å². The molecular weight excluding hydrogens is 386 g/mol. The number of hydrogen-bond donors (Lipinski definition) is 0. The van der Waals surface area contributed by atoms with E-state index in [0.717, 1.165) is 5.56 Å². The molecule has 0 unspecified atom stereocenters. The molecule has 1 aromatic rings. The summed E-state index contributed by atoms with van der Waals surface area (Å²) in [5.74, 6) is 0.189. The third-order valence-corrected chi connectivity index (χ3v) is 6.47. The normalized spacial score (nSPS) is 21.3. The molecule has 2 atom stereocenters. The van der Waals surface area contributed by atoms with Gasteiger partial charge in [-0.1, -0.05) is 6.07 Å². The van der Waals surface area contributed by atoms with Crippen molar-refractivity contribution in [2.45, 2.75) is 25.5 Å². The first kappa shape index (κ1) is 20.2. The molecule has 2 aliphatic heterocycles. The second kappa shape index (κ2) is 8.22. The number of hydrogen-bond acceptors (Lipinski definition) is 7. The second-order valence-corrected chi connectivity index (χ2v) is 9.05. The number of benzene rings is 1. The number of nitrogens with zero attached hydrogens (tertiary/aromatic N) is 1. The Hall–Kier alpha value is -2.55. The quantitative estimate of drug-likeness (QED) is 0.529. The maximum absolute atomic E-state index is 12.4. The minimum Gasteiger partial charge on any atom is -0.486 e. The van der Waals surface area contributed by atoms with Gasteiger partial charge in [0.1, 0.15) is 13.2 Å². The van der Waals surface area contributed by atoms with E-state index in [1.165, 1.54) is 24.9 Å². The van der Waals surface area contributed by atoms with Crippen LogP contribution in [-0.4, -0.2) is 69.1 Å². The number of fused-ring (bicyclic) bond motifs is 1. The van der Waals surface area contributed by atoms with Crippen molar-refractivity contribution in [2.24, 2.45) is 0 Å². The van der Waals surface area contributed by atoms with Gasteiger partial charge in [0, 0.05) is 19.2 Å². The molecular formula is C19H23NO7S. The molecule has 1 amide bonds. The molecule has 1 saturated heterocycles. The molecule has 2 heterocycles. The van der Waals surface area contributed by atoms with Crippen molar-refractivity contribution >= 4 is 27.8 Å². The van der Waals surface area contributed by atoms with Gasteiger partial charge < -0.3 is 19.1 Å². The summed E-state index contributed by atoms with van der Waals surface area (Å²) in [5, 5.41) is 0. The predicted molar refractivity (Wildman–Crippen MR) is 102 cm³/mol. The summed E-state index contributed by atoms with van der Waals surface area (Å²) in [7, 11) is -1.57. The topological polar surface area (TPSA) is 99.2 Å². The molecule has 3 rings (SSSR count). The Morgan fingerprint density at radius 2 is 1.96 bits per heavy atom. The summed E-state index contributed by atoms with van der Waals surface area (Å²) in [5.41, 5.74) is 0.730. The van der Waals surface area contributed by atoms with Crippen LogP contribution in [0.1, 0.15) is 18.9 Å². The summed E-state index contributed by atoms with van der Waals surface area (Å²) in [4.78, 5) is 25.8. The maximum Gasteiger partial charge on any atom is 0.331 e. The van der Waals surface area contributed by atoms with E-state index in [1.807, 2.05) is 0 Å². The van der Waals surface area contributed by atoms with E-state index in [9.17, 15) is 18.0 Å². The van der Waals surface area contributed by atoms with Crippen LogP contribution in [0.25, 0.3) is 6.08 Å². The number of ether oxygens (including phenoxy) is 3. The van der Waals surface area contributed by atoms with Gasteiger partial charge in [0.15, 0.2) is 27.4 Å². The van der Waals surface area contributed by atoms with Crippen LogP contribution in [0.2, 0.25) is 0 Å². The van der Waals surface area contributed by atoms with Crippen molar-refractivity contribution in [3.63, 3.8) is 0 Å². The van der Waals surface area contributed by atoms with E-state index >= 15 is 0 Å². The molecule has 0 bridgehead atoms. The van der Waals surface area contributed by atoms with Crippen molar-refractivity contribution in [3.05, 3.63) is 29.8 Å². The molecule has 152 valence electrons. The number of carbonyl (C=O) groups is 2. The van der Waals surface area contributed by atoms with Crippen LogP contribution in [0, 0.1) is 0 Å². The summed E-state index contributed by atoms with van der Waals surface area (Å²) in [6.45, 7) is 2.44. The lowest BCUT2D eigenvalue weighted by Gasteiger charge is -2.26. The smallest absolute Gasteiger partial charge is 0.331 e. The zero-order chi connectivity index (χ0) is 20.3. The second-order valence-electron chi connectivity index (χ2n) is 6.82. The fourth-order valence-corrected chi connectivity index (χ4v) is 4.91. The molecule has 0 aromatic heterocycles. The number of sulfone groups is 1. The van der Waals surface area contributed by atoms with Crippen LogP contribution >= 0.6 is 0 Å². The number of carbonyl (C=O) groups excluding carboxylic acids is 2. The minimum absolute atomic E-state index is 0.0556. The predicted octanol–water partition coefficient (Wildman–Crippen LogP) is 1.05. The van der Waals surface area contributed by atoms with Crippen molar-refractivity contribution in [1.29, 1.82) is 0 Å². The molecule has 0 aliphatic carbocycles. The van der Waals surface area contributed by atoms with Crippen LogP contribution < -0.4 is 9.47 Å². The van der Waals surface area contributed by atoms with Gasteiger partial charge in [0.05, 0.1) is 11.5 Å². The van der Waals surface area contributed by atoms with Crippen molar-refractivity contribution in [2.75, 3.05) is 31.8 Å². The van der Waals surface area contributed by atoms with Crippen LogP contribution in [0.5, 0.6) is 11.5 Å². The Morgan fingerprint density at radius 3 is 2.64 bits per heavy atom. The highest BCUT2D eigenvalue weighted by Crippen LogP contribution is 2.31. The monoisotopic (exact) mass is 409 g/mol. The summed E-state index contributed by atoms with van der Waals surface area (Å²) >= 11 is 0. The average molecular weight is 409 g/mol. The van der Waals surface area contributed by atoms with E-state index in [0.29, 0.717) is 31.1 Å². The van der Waals surface area contributed by atoms with Crippen LogP contribution in [0.3, 0.4) is 0 Å². The average Bonchev–Trinajstić information content (AvgIpc) is 3.04. The van der Waals surface area contributed by atoms with Crippen LogP contribution in [0.15, 0.2) is 24.3 Å². The molecule has 1 aromatic carbocycles. The highest BCUT2D eigenvalue weighted by atomic mass is 32.2. The first-order chi connectivity index (χ1) is 13.2. The van der Waals surface area contributed by atoms with E-state index in [-0.39, 0.29) is 17.5 Å². The van der Waals surface area contributed by atoms with E-state index in [2.05, 4.69) is 0 Å². The van der Waals surface area contributed by atoms with E-state index < -0.39 is 27.8 Å². The van der Waals surface area contributed by atoms with Crippen molar-refractivity contribution < 1.29 is 32.2 Å². The third kappa shape index (κ3) is 4.83. The zero-order valence-electron chi connectivity index (χ0n) is 15.8. The summed E-state index contributed by atoms with van der Waals surface area (Å²) in [6.07, 6.45) is 2.18. The molecule has 28 heavy (non-hydrogen) atoms. The fraction of sp³-hybridized carbons (Fsp3) is 0.474. The van der Waals surface area contributed by atoms with E-state index in [4.69, 9.17) is 14.2 Å². The fourth-order valence-electron chi connectivity index (χ4n) is 3.14. The van der Waals surface area contributed by atoms with Crippen LogP contribution in [0.4, 0.5) is 0 Å². The van der Waals surface area contributed by atoms with Gasteiger partial charge in [0.2, 0.25) is 0 Å². The number of rotatable bonds is 5. The molecule has 0 spiro atoms. The van der Waals surface area contributed by atoms with Gasteiger partial charge in [-0.25, -0.2) is 13.2 Å². The summed E-state index contributed by atoms with van der Waals surface area (Å²) in [6, 6.07) is 4.91. The third-order valence-electron chi connectivity index (χ3n) is 4.72. The molecule has 0 N–H and O–H groups in total. The van der Waals surface area contributed by atoms with Gasteiger partial charge >= 0.3 is 5.97 Å². The molecule has 1 fully saturated rings. The Morgan fingerprint density at radius 1 is 1.25 bits per heavy atom. The Bertz CT molecular complexity index is 894. The minimum atomic E-state index is -3.10. The van der Waals surface area contributed by atoms with Gasteiger partial charge in [0.25, 0.3) is 5.91 Å². The van der Waals surface area contributed by atoms with Gasteiger partial charge in [-0.15, -0.1) is 0 Å². The van der Waals surface area contributed by atoms with Gasteiger partial charge in [-0.3, -0.25) is 4.79 Å². The molecule has 8 nitrogen and oxygen atoms in total. The zero-order valence-corrected chi connectivity index (χ0v) is 16.6. The molecule has 9 heteroatoms. The first-order valence-electron chi connectivity index (χ1n) is 9.00. The highest BCUT2D eigenvalue weighted by Gasteiger charge is 2.34. The maximum atomic E-state index is 12.4. The Kier molecular flexibility index (Phi) is 5.93. The van der Waals surface area contributed by atoms with Crippen molar-refractivity contribution in [1.82, 2.24) is 4.90 Å². The largest absolute Gasteiger partial charge is 0.486 e. The molecule has 0 radical (unpaired) electrons. The Balaban J connectivity index is 1.55. The lowest BCUT2D eigenvalue weighted by molar-refractivity contribution is -0.155. The van der Waals surface area contributed by atoms with Gasteiger partial charge in [-0.05, 0) is 37.1 Å². The Labute approximate surface area is 164 Å². The highest BCUT2D eigenvalue weighted by molar-refractivity contribution is 7.91. The SMILES string of the molecule is C[C@@H](OC(=O)/C=C/c1ccc2c(c1)OCCO2)C(=O)N(C)[C@@H]1CCS(=O)(=O)C1. The number of likely N-dealkylation sites (N-methyl/N-ethyl adjacent to an activating group) is 1. The van der Waals surface area contributed by atoms with Gasteiger partial charge in [-0.2, -0.15) is 0 Å². The molecule has 2 aliphatic rings. The molecule has 0 saturated carbocycles. The lowest BCUT2D eigenvalue weighted by Crippen LogP contribution is -2.44.